The first-order valence-electron chi connectivity index (χ1n) is 9.56. The summed E-state index contributed by atoms with van der Waals surface area (Å²) < 4.78 is 11.5. The van der Waals surface area contributed by atoms with Gasteiger partial charge in [-0.25, -0.2) is 0 Å². The molecule has 1 saturated carbocycles. The van der Waals surface area contributed by atoms with Gasteiger partial charge in [-0.05, 0) is 48.2 Å². The summed E-state index contributed by atoms with van der Waals surface area (Å²) in [4.78, 5) is 11.8. The predicted molar refractivity (Wildman–Crippen MR) is 100 cm³/mol. The van der Waals surface area contributed by atoms with Crippen LogP contribution in [0.15, 0.2) is 0 Å². The molecule has 0 amide bonds. The van der Waals surface area contributed by atoms with Crippen molar-refractivity contribution < 1.29 is 19.1 Å². The molecule has 0 aromatic rings. The fourth-order valence-electron chi connectivity index (χ4n) is 4.81. The van der Waals surface area contributed by atoms with Gasteiger partial charge in [0.1, 0.15) is 0 Å². The molecule has 3 atom stereocenters. The SMILES string of the molecule is COC(=O)C1CC(CCO[Si](C(C)C)(C(C)C)C(C)C)CCC1O. The highest BCUT2D eigenvalue weighted by Gasteiger charge is 2.45. The Morgan fingerprint density at radius 3 is 2.08 bits per heavy atom. The zero-order chi connectivity index (χ0) is 18.5. The van der Waals surface area contributed by atoms with Gasteiger partial charge < -0.3 is 14.3 Å². The normalized spacial score (nSPS) is 25.5. The van der Waals surface area contributed by atoms with Gasteiger partial charge in [0, 0.05) is 6.61 Å². The van der Waals surface area contributed by atoms with Crippen LogP contribution in [0, 0.1) is 11.8 Å². The van der Waals surface area contributed by atoms with Gasteiger partial charge in [0.25, 0.3) is 0 Å². The summed E-state index contributed by atoms with van der Waals surface area (Å²) in [7, 11) is -0.414. The molecule has 1 aliphatic rings. The Hall–Kier alpha value is -0.393. The van der Waals surface area contributed by atoms with E-state index in [0.717, 1.165) is 25.9 Å². The van der Waals surface area contributed by atoms with E-state index in [1.54, 1.807) is 0 Å². The first kappa shape index (κ1) is 21.6. The average molecular weight is 359 g/mol. The number of carbonyl (C=O) groups excluding carboxylic acids is 1. The van der Waals surface area contributed by atoms with Crippen molar-refractivity contribution in [2.45, 2.75) is 90.0 Å². The number of carbonyl (C=O) groups is 1. The minimum absolute atomic E-state index is 0.275. The Balaban J connectivity index is 2.63. The highest BCUT2D eigenvalue weighted by Crippen LogP contribution is 2.42. The number of aliphatic hydroxyl groups excluding tert-OH is 1. The third-order valence-electron chi connectivity index (χ3n) is 6.01. The highest BCUT2D eigenvalue weighted by molar-refractivity contribution is 6.77. The number of esters is 1. The fourth-order valence-corrected chi connectivity index (χ4v) is 10.3. The van der Waals surface area contributed by atoms with Crippen LogP contribution in [0.25, 0.3) is 0 Å². The zero-order valence-electron chi connectivity index (χ0n) is 16.7. The summed E-state index contributed by atoms with van der Waals surface area (Å²) >= 11 is 0. The van der Waals surface area contributed by atoms with Gasteiger partial charge in [0.2, 0.25) is 0 Å². The summed E-state index contributed by atoms with van der Waals surface area (Å²) in [6, 6.07) is 0. The van der Waals surface area contributed by atoms with E-state index < -0.39 is 14.4 Å². The second-order valence-corrected chi connectivity index (χ2v) is 13.8. The third-order valence-corrected chi connectivity index (χ3v) is 12.1. The molecule has 0 radical (unpaired) electrons. The van der Waals surface area contributed by atoms with Gasteiger partial charge >= 0.3 is 5.97 Å². The van der Waals surface area contributed by atoms with E-state index in [1.807, 2.05) is 0 Å². The number of ether oxygens (including phenoxy) is 1. The molecule has 1 aliphatic carbocycles. The third kappa shape index (κ3) is 4.83. The van der Waals surface area contributed by atoms with Gasteiger partial charge in [-0.1, -0.05) is 41.5 Å². The lowest BCUT2D eigenvalue weighted by atomic mass is 9.78. The largest absolute Gasteiger partial charge is 0.469 e. The molecule has 0 bridgehead atoms. The molecule has 4 nitrogen and oxygen atoms in total. The monoisotopic (exact) mass is 358 g/mol. The molecule has 0 heterocycles. The van der Waals surface area contributed by atoms with E-state index >= 15 is 0 Å². The zero-order valence-corrected chi connectivity index (χ0v) is 17.7. The molecule has 1 N–H and O–H groups in total. The standard InChI is InChI=1S/C19H38O4Si/c1-13(2)24(14(3)4,15(5)6)23-11-10-16-8-9-18(20)17(12-16)19(21)22-7/h13-18,20H,8-12H2,1-7H3. The van der Waals surface area contributed by atoms with Crippen molar-refractivity contribution in [3.05, 3.63) is 0 Å². The van der Waals surface area contributed by atoms with E-state index in [9.17, 15) is 9.90 Å². The second-order valence-electron chi connectivity index (χ2n) is 8.33. The number of hydrogen-bond acceptors (Lipinski definition) is 4. The maximum atomic E-state index is 11.8. The minimum Gasteiger partial charge on any atom is -0.469 e. The second kappa shape index (κ2) is 9.34. The average Bonchev–Trinajstić information content (AvgIpc) is 2.51. The molecule has 0 aliphatic heterocycles. The molecule has 5 heteroatoms. The van der Waals surface area contributed by atoms with E-state index in [1.165, 1.54) is 7.11 Å². The summed E-state index contributed by atoms with van der Waals surface area (Å²) in [5.74, 6) is -0.199. The van der Waals surface area contributed by atoms with E-state index in [0.29, 0.717) is 29.0 Å². The lowest BCUT2D eigenvalue weighted by Gasteiger charge is -2.42. The summed E-state index contributed by atoms with van der Waals surface area (Å²) in [5.41, 5.74) is 1.77. The van der Waals surface area contributed by atoms with Crippen LogP contribution >= 0.6 is 0 Å². The molecule has 1 fully saturated rings. The fraction of sp³-hybridized carbons (Fsp3) is 0.947. The van der Waals surface area contributed by atoms with Crippen LogP contribution < -0.4 is 0 Å². The molecule has 0 spiro atoms. The topological polar surface area (TPSA) is 55.8 Å². The van der Waals surface area contributed by atoms with Crippen molar-refractivity contribution in [2.24, 2.45) is 11.8 Å². The smallest absolute Gasteiger partial charge is 0.311 e. The Bertz CT molecular complexity index is 373. The Morgan fingerprint density at radius 2 is 1.62 bits per heavy atom. The molecular weight excluding hydrogens is 320 g/mol. The summed E-state index contributed by atoms with van der Waals surface area (Å²) in [5, 5.41) is 10.0. The molecule has 142 valence electrons. The van der Waals surface area contributed by atoms with Crippen LogP contribution in [0.1, 0.15) is 67.2 Å². The van der Waals surface area contributed by atoms with Crippen LogP contribution in [0.3, 0.4) is 0 Å². The van der Waals surface area contributed by atoms with E-state index in [-0.39, 0.29) is 11.9 Å². The number of aliphatic hydroxyl groups is 1. The van der Waals surface area contributed by atoms with Gasteiger partial charge in [0.15, 0.2) is 8.32 Å². The molecule has 24 heavy (non-hydrogen) atoms. The van der Waals surface area contributed by atoms with Crippen LogP contribution in [0.4, 0.5) is 0 Å². The highest BCUT2D eigenvalue weighted by atomic mass is 28.4. The predicted octanol–water partition coefficient (Wildman–Crippen LogP) is 4.52. The van der Waals surface area contributed by atoms with Crippen molar-refractivity contribution in [1.82, 2.24) is 0 Å². The Morgan fingerprint density at radius 1 is 1.08 bits per heavy atom. The first-order chi connectivity index (χ1) is 11.2. The number of methoxy groups -OCH3 is 1. The maximum absolute atomic E-state index is 11.8. The van der Waals surface area contributed by atoms with Gasteiger partial charge in [-0.2, -0.15) is 0 Å². The van der Waals surface area contributed by atoms with Crippen molar-refractivity contribution in [2.75, 3.05) is 13.7 Å². The summed E-state index contributed by atoms with van der Waals surface area (Å²) in [6.45, 7) is 14.6. The van der Waals surface area contributed by atoms with Crippen molar-refractivity contribution >= 4 is 14.3 Å². The molecule has 0 aromatic carbocycles. The van der Waals surface area contributed by atoms with Crippen LogP contribution in [0.5, 0.6) is 0 Å². The number of hydrogen-bond donors (Lipinski definition) is 1. The van der Waals surface area contributed by atoms with E-state index in [2.05, 4.69) is 41.5 Å². The Labute approximate surface area is 149 Å². The summed E-state index contributed by atoms with van der Waals surface area (Å²) in [6.07, 6.45) is 2.80. The van der Waals surface area contributed by atoms with Crippen molar-refractivity contribution in [1.29, 1.82) is 0 Å². The molecule has 0 aromatic heterocycles. The molecule has 3 unspecified atom stereocenters. The first-order valence-corrected chi connectivity index (χ1v) is 11.7. The van der Waals surface area contributed by atoms with Crippen LogP contribution in [-0.4, -0.2) is 39.2 Å². The quantitative estimate of drug-likeness (QED) is 0.512. The van der Waals surface area contributed by atoms with Crippen LogP contribution in [0.2, 0.25) is 16.6 Å². The van der Waals surface area contributed by atoms with Gasteiger partial charge in [-0.15, -0.1) is 0 Å². The number of rotatable bonds is 8. The lowest BCUT2D eigenvalue weighted by Crippen LogP contribution is -2.48. The van der Waals surface area contributed by atoms with Gasteiger partial charge in [-0.3, -0.25) is 4.79 Å². The molecule has 1 rings (SSSR count). The Kier molecular flexibility index (Phi) is 8.43. The molecule has 0 saturated heterocycles. The van der Waals surface area contributed by atoms with E-state index in [4.69, 9.17) is 9.16 Å². The lowest BCUT2D eigenvalue weighted by molar-refractivity contribution is -0.152. The van der Waals surface area contributed by atoms with Crippen molar-refractivity contribution in [3.8, 4) is 0 Å². The molecular formula is C19H38O4Si. The maximum Gasteiger partial charge on any atom is 0.311 e. The van der Waals surface area contributed by atoms with Crippen LogP contribution in [-0.2, 0) is 14.0 Å². The van der Waals surface area contributed by atoms with Gasteiger partial charge in [0.05, 0.1) is 19.1 Å². The minimum atomic E-state index is -1.81. The van der Waals surface area contributed by atoms with Crippen molar-refractivity contribution in [3.63, 3.8) is 0 Å².